The monoisotopic (exact) mass is 1750 g/mol. The Morgan fingerprint density at radius 1 is 0.222 bits per heavy atom. The van der Waals surface area contributed by atoms with Crippen molar-refractivity contribution < 1.29 is 13.3 Å². The predicted octanol–water partition coefficient (Wildman–Crippen LogP) is 37.5. The molecule has 135 heavy (non-hydrogen) atoms. The van der Waals surface area contributed by atoms with Crippen LogP contribution in [0.1, 0.15) is 274 Å². The predicted molar refractivity (Wildman–Crippen MR) is 564 cm³/mol. The molecule has 0 radical (unpaired) electrons. The lowest BCUT2D eigenvalue weighted by atomic mass is 9.62. The van der Waals surface area contributed by atoms with Crippen molar-refractivity contribution in [1.29, 1.82) is 0 Å². The quantitative estimate of drug-likeness (QED) is 0.0458. The van der Waals surface area contributed by atoms with Gasteiger partial charge in [0.15, 0.2) is 0 Å². The molecule has 7 aliphatic rings. The van der Waals surface area contributed by atoms with Gasteiger partial charge >= 0.3 is 0 Å². The van der Waals surface area contributed by atoms with E-state index in [0.717, 1.165) is 105 Å². The van der Waals surface area contributed by atoms with Gasteiger partial charge in [0.2, 0.25) is 0 Å². The smallest absolute Gasteiger partial charge is 0.144 e. The third-order valence-electron chi connectivity index (χ3n) is 34.0. The molecule has 3 heterocycles. The first-order valence-corrected chi connectivity index (χ1v) is 51.5. The molecule has 4 nitrogen and oxygen atoms in total. The van der Waals surface area contributed by atoms with Crippen molar-refractivity contribution in [2.75, 3.05) is 4.90 Å². The largest absolute Gasteiger partial charge is 0.456 e. The third-order valence-corrected chi connectivity index (χ3v) is 34.0. The Hall–Kier alpha value is -13.3. The van der Waals surface area contributed by atoms with Crippen LogP contribution >= 0.6 is 0 Å². The Balaban J connectivity index is 0.758. The van der Waals surface area contributed by atoms with E-state index in [1.54, 1.807) is 16.7 Å². The number of anilines is 3. The Labute approximate surface area is 794 Å². The van der Waals surface area contributed by atoms with Crippen LogP contribution in [0.25, 0.3) is 155 Å². The number of furan rings is 3. The fourth-order valence-corrected chi connectivity index (χ4v) is 28.2. The first kappa shape index (κ1) is 82.4. The zero-order chi connectivity index (χ0) is 90.2. The lowest BCUT2D eigenvalue weighted by Gasteiger charge is -2.40. The van der Waals surface area contributed by atoms with Crippen LogP contribution in [-0.2, 0) is 27.1 Å². The van der Waals surface area contributed by atoms with E-state index in [1.807, 2.05) is 0 Å². The van der Waals surface area contributed by atoms with Crippen molar-refractivity contribution in [3.05, 3.63) is 387 Å². The Bertz CT molecular complexity index is 7950. The molecule has 0 saturated heterocycles. The maximum Gasteiger partial charge on any atom is 0.144 e. The molecule has 0 N–H and O–H groups in total. The van der Waals surface area contributed by atoms with Crippen molar-refractivity contribution >= 4 is 82.9 Å². The van der Waals surface area contributed by atoms with Gasteiger partial charge in [-0.1, -0.05) is 400 Å². The Morgan fingerprint density at radius 3 is 1.13 bits per heavy atom. The molecule has 19 aromatic rings. The van der Waals surface area contributed by atoms with Crippen LogP contribution in [0, 0.1) is 0 Å². The first-order valence-electron chi connectivity index (χ1n) is 51.5. The molecule has 0 bridgehead atoms. The zero-order valence-corrected chi connectivity index (χ0v) is 79.1. The van der Waals surface area contributed by atoms with E-state index in [0.29, 0.717) is 0 Å². The summed E-state index contributed by atoms with van der Waals surface area (Å²) in [6, 6.07) is 121. The van der Waals surface area contributed by atoms with Crippen molar-refractivity contribution in [3.63, 3.8) is 0 Å². The SMILES string of the molecule is CCCCCCCC1(CCCCCCC)c2cc(N(c3ccc4c(c3)C(C)(C)c3cc(-c5ccccc5)c5oc6ccccc6c5c3-4)c3ccc4c(c3)C3(c5ccccc5-c5ccccc53)c3cc5c(cc3-4)C3(c4ccccc4-c4ccccc43)c3ccc4oc6ccccc6c4c3-5)ccc2-c2c1c1c(c3c2oc2ccccc23)-c2ccccc2C1(CCCCCCC)CCCCCCC. The minimum atomic E-state index is -0.766. The topological polar surface area (TPSA) is 42.7 Å². The molecule has 16 aromatic carbocycles. The van der Waals surface area contributed by atoms with Crippen molar-refractivity contribution in [3.8, 4) is 89.0 Å². The van der Waals surface area contributed by atoms with Gasteiger partial charge in [-0.25, -0.2) is 0 Å². The summed E-state index contributed by atoms with van der Waals surface area (Å²) in [5, 5.41) is 7.21. The molecule has 0 unspecified atom stereocenters. The summed E-state index contributed by atoms with van der Waals surface area (Å²) in [6.07, 6.45) is 28.9. The number of nitrogens with zero attached hydrogens (tertiary/aromatic N) is 1. The van der Waals surface area contributed by atoms with Gasteiger partial charge in [-0.05, 0) is 260 Å². The molecule has 0 saturated carbocycles. The highest BCUT2D eigenvalue weighted by Gasteiger charge is 2.59. The van der Waals surface area contributed by atoms with Gasteiger partial charge in [0.05, 0.1) is 10.8 Å². The van der Waals surface area contributed by atoms with E-state index in [4.69, 9.17) is 13.3 Å². The Morgan fingerprint density at radius 2 is 0.585 bits per heavy atom. The summed E-state index contributed by atoms with van der Waals surface area (Å²) >= 11 is 0. The number of para-hydroxylation sites is 3. The number of hydrogen-bond donors (Lipinski definition) is 0. The molecule has 0 atom stereocenters. The van der Waals surface area contributed by atoms with Gasteiger partial charge in [0, 0.05) is 76.8 Å². The van der Waals surface area contributed by atoms with E-state index in [1.165, 1.54) is 282 Å². The van der Waals surface area contributed by atoms with Crippen molar-refractivity contribution in [1.82, 2.24) is 0 Å². The average molecular weight is 1750 g/mol. The molecule has 0 amide bonds. The standard InChI is InChI=1S/C131H117NO3/c1-7-11-15-19-42-72-128(73-43-20-16-12-8-2)100-56-34-30-52-91(100)119-121-96-55-33-41-63-114(96)135-126(121)122-93-69-66-84(77-107(93)129(124(122)123(119)128,74-44-21-17-13-9-3)75-45-22-18-14-10-4)132(83-65-68-92-106(76-83)127(5,6)111-79-97(82-46-24-23-25-47-82)125-120(116(92)111)95-54-32-40-62-113(95)134-125)85-64-67-90-98-80-110-99(81-109(98)131(108(90)78-85)103-59-37-28-50-88(103)89-51-29-38-60-104(89)131)117-105(70-71-115-118(117)94-53-31-39-61-112(94)133-115)130(110)101-57-35-26-48-86(101)87-49-27-36-58-102(87)130/h23-41,46-71,76-81H,7-22,42-45,72-75H2,1-6H3. The molecular weight excluding hydrogens is 1640 g/mol. The fourth-order valence-electron chi connectivity index (χ4n) is 28.2. The molecule has 2 spiro atoms. The molecular formula is C131H117NO3. The molecule has 4 heteroatoms. The van der Waals surface area contributed by atoms with Gasteiger partial charge in [0.25, 0.3) is 0 Å². The molecule has 3 aromatic heterocycles. The summed E-state index contributed by atoms with van der Waals surface area (Å²) in [5.41, 5.74) is 46.9. The van der Waals surface area contributed by atoms with E-state index in [2.05, 4.69) is 356 Å². The maximum absolute atomic E-state index is 7.88. The lowest BCUT2D eigenvalue weighted by molar-refractivity contribution is 0.369. The van der Waals surface area contributed by atoms with Crippen LogP contribution in [0.15, 0.2) is 323 Å². The summed E-state index contributed by atoms with van der Waals surface area (Å²) in [7, 11) is 0. The maximum atomic E-state index is 7.88. The van der Waals surface area contributed by atoms with Crippen LogP contribution in [0.5, 0.6) is 0 Å². The number of hydrogen-bond acceptors (Lipinski definition) is 4. The summed E-state index contributed by atoms with van der Waals surface area (Å²) in [6.45, 7) is 14.5. The summed E-state index contributed by atoms with van der Waals surface area (Å²) in [5.74, 6) is 0. The second-order valence-electron chi connectivity index (χ2n) is 41.4. The van der Waals surface area contributed by atoms with Crippen LogP contribution in [0.4, 0.5) is 17.1 Å². The van der Waals surface area contributed by atoms with Gasteiger partial charge in [0.1, 0.15) is 33.5 Å². The first-order chi connectivity index (χ1) is 66.6. The molecule has 0 fully saturated rings. The number of rotatable bonds is 28. The third kappa shape index (κ3) is 11.6. The summed E-state index contributed by atoms with van der Waals surface area (Å²) in [4.78, 5) is 2.75. The van der Waals surface area contributed by atoms with Crippen LogP contribution in [0.3, 0.4) is 0 Å². The Kier molecular flexibility index (Phi) is 19.5. The van der Waals surface area contributed by atoms with E-state index in [-0.39, 0.29) is 10.8 Å². The summed E-state index contributed by atoms with van der Waals surface area (Å²) < 4.78 is 22.1. The van der Waals surface area contributed by atoms with Gasteiger partial charge in [-0.3, -0.25) is 0 Å². The average Bonchev–Trinajstić information content (AvgIpc) is 1.50. The minimum Gasteiger partial charge on any atom is -0.456 e. The van der Waals surface area contributed by atoms with E-state index in [9.17, 15) is 0 Å². The van der Waals surface area contributed by atoms with Crippen molar-refractivity contribution in [2.24, 2.45) is 0 Å². The minimum absolute atomic E-state index is 0.218. The normalized spacial score (nSPS) is 15.2. The highest BCUT2D eigenvalue weighted by molar-refractivity contribution is 6.23. The van der Waals surface area contributed by atoms with Gasteiger partial charge < -0.3 is 18.2 Å². The lowest BCUT2D eigenvalue weighted by Crippen LogP contribution is -2.33. The highest BCUT2D eigenvalue weighted by atomic mass is 16.3. The van der Waals surface area contributed by atoms with E-state index >= 15 is 0 Å². The van der Waals surface area contributed by atoms with Crippen LogP contribution < -0.4 is 4.90 Å². The molecule has 664 valence electrons. The molecule has 0 aliphatic heterocycles. The molecule has 7 aliphatic carbocycles. The van der Waals surface area contributed by atoms with Gasteiger partial charge in [-0.15, -0.1) is 0 Å². The second kappa shape index (κ2) is 31.9. The number of fused-ring (bicyclic) bond motifs is 43. The van der Waals surface area contributed by atoms with Crippen molar-refractivity contribution in [2.45, 2.75) is 223 Å². The van der Waals surface area contributed by atoms with E-state index < -0.39 is 16.2 Å². The highest BCUT2D eigenvalue weighted by Crippen LogP contribution is 2.73. The number of unbranched alkanes of at least 4 members (excludes halogenated alkanes) is 16. The molecule has 26 rings (SSSR count). The second-order valence-corrected chi connectivity index (χ2v) is 41.4. The van der Waals surface area contributed by atoms with Crippen LogP contribution in [0.2, 0.25) is 0 Å². The zero-order valence-electron chi connectivity index (χ0n) is 79.1. The fraction of sp³-hybridized carbons (Fsp3) is 0.267. The van der Waals surface area contributed by atoms with Gasteiger partial charge in [-0.2, -0.15) is 0 Å². The number of benzene rings is 16. The van der Waals surface area contributed by atoms with Crippen LogP contribution in [-0.4, -0.2) is 0 Å².